The molecule has 0 aliphatic rings. The highest BCUT2D eigenvalue weighted by Crippen LogP contribution is 2.31. The molecule has 0 radical (unpaired) electrons. The maximum Gasteiger partial charge on any atom is 0.162 e. The Bertz CT molecular complexity index is 1200. The van der Waals surface area contributed by atoms with Gasteiger partial charge in [0.25, 0.3) is 0 Å². The van der Waals surface area contributed by atoms with Gasteiger partial charge in [0.15, 0.2) is 11.5 Å². The molecule has 0 N–H and O–H groups in total. The van der Waals surface area contributed by atoms with Crippen molar-refractivity contribution in [1.82, 2.24) is 0 Å². The second kappa shape index (κ2) is 11.6. The highest BCUT2D eigenvalue weighted by Gasteiger charge is 2.08. The van der Waals surface area contributed by atoms with Gasteiger partial charge in [0.05, 0.1) is 14.2 Å². The molecule has 0 atom stereocenters. The van der Waals surface area contributed by atoms with Crippen molar-refractivity contribution in [2.45, 2.75) is 13.2 Å². The highest BCUT2D eigenvalue weighted by atomic mass is 16.5. The lowest BCUT2D eigenvalue weighted by Gasteiger charge is -2.14. The first-order valence-corrected chi connectivity index (χ1v) is 11.1. The van der Waals surface area contributed by atoms with Crippen LogP contribution in [0, 0.1) is 0 Å². The van der Waals surface area contributed by atoms with Crippen molar-refractivity contribution >= 4 is 12.2 Å². The first-order chi connectivity index (χ1) is 16.7. The van der Waals surface area contributed by atoms with Crippen molar-refractivity contribution in [2.24, 2.45) is 0 Å². The van der Waals surface area contributed by atoms with Crippen LogP contribution in [-0.2, 0) is 13.2 Å². The summed E-state index contributed by atoms with van der Waals surface area (Å²) in [7, 11) is 3.29. The fourth-order valence-electron chi connectivity index (χ4n) is 3.45. The van der Waals surface area contributed by atoms with E-state index in [1.165, 1.54) is 0 Å². The maximum atomic E-state index is 6.18. The quantitative estimate of drug-likeness (QED) is 0.242. The minimum absolute atomic E-state index is 0.461. The Morgan fingerprint density at radius 1 is 0.529 bits per heavy atom. The molecule has 0 heterocycles. The topological polar surface area (TPSA) is 36.9 Å². The molecule has 4 nitrogen and oxygen atoms in total. The van der Waals surface area contributed by atoms with Crippen molar-refractivity contribution in [3.8, 4) is 23.0 Å². The van der Waals surface area contributed by atoms with Gasteiger partial charge in [-0.3, -0.25) is 0 Å². The summed E-state index contributed by atoms with van der Waals surface area (Å²) in [6.07, 6.45) is 4.05. The van der Waals surface area contributed by atoms with E-state index < -0.39 is 0 Å². The van der Waals surface area contributed by atoms with Crippen LogP contribution in [0.4, 0.5) is 0 Å². The monoisotopic (exact) mass is 452 g/mol. The summed E-state index contributed by atoms with van der Waals surface area (Å²) in [6, 6.07) is 31.9. The maximum absolute atomic E-state index is 6.18. The van der Waals surface area contributed by atoms with Gasteiger partial charge >= 0.3 is 0 Å². The van der Waals surface area contributed by atoms with Crippen LogP contribution in [0.3, 0.4) is 0 Å². The van der Waals surface area contributed by atoms with Crippen LogP contribution in [0.1, 0.15) is 22.3 Å². The lowest BCUT2D eigenvalue weighted by molar-refractivity contribution is 0.256. The molecular formula is C30H28O4. The zero-order valence-electron chi connectivity index (χ0n) is 19.4. The molecule has 172 valence electrons. The van der Waals surface area contributed by atoms with E-state index in [0.29, 0.717) is 24.7 Å². The lowest BCUT2D eigenvalue weighted by Crippen LogP contribution is -2.00. The highest BCUT2D eigenvalue weighted by molar-refractivity contribution is 5.72. The first-order valence-electron chi connectivity index (χ1n) is 11.1. The second-order valence-corrected chi connectivity index (χ2v) is 7.73. The Balaban J connectivity index is 1.56. The molecule has 0 aliphatic heterocycles. The van der Waals surface area contributed by atoms with E-state index in [1.54, 1.807) is 14.2 Å². The van der Waals surface area contributed by atoms with E-state index in [9.17, 15) is 0 Å². The molecule has 0 unspecified atom stereocenters. The molecule has 0 amide bonds. The predicted octanol–water partition coefficient (Wildman–Crippen LogP) is 7.03. The number of rotatable bonds is 10. The van der Waals surface area contributed by atoms with E-state index in [2.05, 4.69) is 0 Å². The van der Waals surface area contributed by atoms with Crippen LogP contribution in [-0.4, -0.2) is 14.2 Å². The Morgan fingerprint density at radius 2 is 1.06 bits per heavy atom. The van der Waals surface area contributed by atoms with Crippen LogP contribution in [0.2, 0.25) is 0 Å². The number of methoxy groups -OCH3 is 2. The van der Waals surface area contributed by atoms with Gasteiger partial charge in [-0.2, -0.15) is 0 Å². The van der Waals surface area contributed by atoms with E-state index in [-0.39, 0.29) is 0 Å². The van der Waals surface area contributed by atoms with Crippen LogP contribution >= 0.6 is 0 Å². The number of ether oxygens (including phenoxy) is 4. The minimum Gasteiger partial charge on any atom is -0.497 e. The Morgan fingerprint density at radius 3 is 1.62 bits per heavy atom. The van der Waals surface area contributed by atoms with Gasteiger partial charge in [-0.05, 0) is 46.5 Å². The zero-order chi connectivity index (χ0) is 23.6. The summed E-state index contributed by atoms with van der Waals surface area (Å²) in [5.74, 6) is 2.90. The van der Waals surface area contributed by atoms with Crippen LogP contribution < -0.4 is 18.9 Å². The van der Waals surface area contributed by atoms with Gasteiger partial charge in [-0.1, -0.05) is 78.9 Å². The van der Waals surface area contributed by atoms with Crippen molar-refractivity contribution in [2.75, 3.05) is 14.2 Å². The SMILES string of the molecule is COc1cc(/C=C\c2ccc(OCc3ccccc3)c(OCc3ccccc3)c2)cc(OC)c1. The molecule has 0 aliphatic carbocycles. The second-order valence-electron chi connectivity index (χ2n) is 7.73. The molecule has 0 aromatic heterocycles. The van der Waals surface area contributed by atoms with Gasteiger partial charge in [-0.25, -0.2) is 0 Å². The fraction of sp³-hybridized carbons (Fsp3) is 0.133. The zero-order valence-corrected chi connectivity index (χ0v) is 19.4. The fourth-order valence-corrected chi connectivity index (χ4v) is 3.45. The van der Waals surface area contributed by atoms with Gasteiger partial charge in [0, 0.05) is 6.07 Å². The molecule has 0 saturated heterocycles. The molecule has 0 spiro atoms. The third-order valence-electron chi connectivity index (χ3n) is 5.28. The summed E-state index contributed by atoms with van der Waals surface area (Å²) < 4.78 is 23.0. The van der Waals surface area contributed by atoms with Crippen molar-refractivity contribution in [1.29, 1.82) is 0 Å². The van der Waals surface area contributed by atoms with Crippen molar-refractivity contribution < 1.29 is 18.9 Å². The standard InChI is InChI=1S/C30H28O4/c1-31-27-17-26(18-28(20-27)32-2)14-13-23-15-16-29(33-21-24-9-5-3-6-10-24)30(19-23)34-22-25-11-7-4-8-12-25/h3-20H,21-22H2,1-2H3/b14-13-. The average Bonchev–Trinajstić information content (AvgIpc) is 2.91. The smallest absolute Gasteiger partial charge is 0.162 e. The van der Waals surface area contributed by atoms with Gasteiger partial charge in [-0.15, -0.1) is 0 Å². The predicted molar refractivity (Wildman–Crippen MR) is 136 cm³/mol. The van der Waals surface area contributed by atoms with Crippen molar-refractivity contribution in [3.63, 3.8) is 0 Å². The number of benzene rings is 4. The molecule has 0 bridgehead atoms. The largest absolute Gasteiger partial charge is 0.497 e. The third kappa shape index (κ3) is 6.42. The first kappa shape index (κ1) is 23.0. The summed E-state index contributed by atoms with van der Waals surface area (Å²) in [4.78, 5) is 0. The molecule has 0 fully saturated rings. The summed E-state index contributed by atoms with van der Waals surface area (Å²) in [5.41, 5.74) is 4.18. The lowest BCUT2D eigenvalue weighted by atomic mass is 10.1. The number of hydrogen-bond donors (Lipinski definition) is 0. The van der Waals surface area contributed by atoms with Gasteiger partial charge < -0.3 is 18.9 Å². The molecular weight excluding hydrogens is 424 g/mol. The third-order valence-corrected chi connectivity index (χ3v) is 5.28. The van der Waals surface area contributed by atoms with Crippen LogP contribution in [0.25, 0.3) is 12.2 Å². The molecule has 4 heteroatoms. The summed E-state index contributed by atoms with van der Waals surface area (Å²) in [5, 5.41) is 0. The Kier molecular flexibility index (Phi) is 7.86. The Labute approximate surface area is 201 Å². The average molecular weight is 453 g/mol. The van der Waals surface area contributed by atoms with Crippen molar-refractivity contribution in [3.05, 3.63) is 119 Å². The molecule has 4 rings (SSSR count). The van der Waals surface area contributed by atoms with E-state index >= 15 is 0 Å². The van der Waals surface area contributed by atoms with Crippen LogP contribution in [0.15, 0.2) is 97.1 Å². The normalized spacial score (nSPS) is 10.8. The minimum atomic E-state index is 0.461. The van der Waals surface area contributed by atoms with E-state index in [0.717, 1.165) is 33.8 Å². The molecule has 4 aromatic carbocycles. The van der Waals surface area contributed by atoms with Crippen LogP contribution in [0.5, 0.6) is 23.0 Å². The Hall–Kier alpha value is -4.18. The number of hydrogen-bond acceptors (Lipinski definition) is 4. The van der Waals surface area contributed by atoms with Gasteiger partial charge in [0.2, 0.25) is 0 Å². The van der Waals surface area contributed by atoms with E-state index in [4.69, 9.17) is 18.9 Å². The van der Waals surface area contributed by atoms with Gasteiger partial charge in [0.1, 0.15) is 24.7 Å². The molecule has 0 saturated carbocycles. The van der Waals surface area contributed by atoms with E-state index in [1.807, 2.05) is 109 Å². The molecule has 4 aromatic rings. The molecule has 34 heavy (non-hydrogen) atoms. The summed E-state index contributed by atoms with van der Waals surface area (Å²) in [6.45, 7) is 0.935. The summed E-state index contributed by atoms with van der Waals surface area (Å²) >= 11 is 0.